The number of para-hydroxylation sites is 2. The maximum Gasteiger partial charge on any atom is 0.217 e. The highest BCUT2D eigenvalue weighted by Crippen LogP contribution is 2.64. The number of sulfonamides is 1. The summed E-state index contributed by atoms with van der Waals surface area (Å²) >= 11 is 0. The van der Waals surface area contributed by atoms with Crippen molar-refractivity contribution in [2.45, 2.75) is 36.9 Å². The zero-order valence-electron chi connectivity index (χ0n) is 12.9. The van der Waals surface area contributed by atoms with Crippen LogP contribution < -0.4 is 0 Å². The van der Waals surface area contributed by atoms with Crippen LogP contribution in [0.5, 0.6) is 0 Å². The van der Waals surface area contributed by atoms with Crippen molar-refractivity contribution >= 4 is 21.1 Å². The average molecular weight is 329 g/mol. The Labute approximate surface area is 135 Å². The maximum absolute atomic E-state index is 12.7. The first-order chi connectivity index (χ1) is 11.1. The standard InChI is InChI=1S/C17H19N3O2S/c21-23(22,16-8-17(16)6-3-7-17)20-10-12(11-20)15-9-18-13-4-1-2-5-14(13)19-15/h1-2,4-5,9,12,16H,3,6-8,10-11H2. The van der Waals surface area contributed by atoms with Gasteiger partial charge in [-0.05, 0) is 36.8 Å². The Morgan fingerprint density at radius 3 is 2.52 bits per heavy atom. The average Bonchev–Trinajstić information content (AvgIpc) is 3.22. The molecule has 5 nitrogen and oxygen atoms in total. The van der Waals surface area contributed by atoms with Gasteiger partial charge in [0.05, 0.1) is 22.0 Å². The second-order valence-electron chi connectivity index (χ2n) is 7.25. The van der Waals surface area contributed by atoms with Crippen LogP contribution in [0.2, 0.25) is 0 Å². The van der Waals surface area contributed by atoms with E-state index in [9.17, 15) is 8.42 Å². The predicted octanol–water partition coefficient (Wildman–Crippen LogP) is 2.30. The number of benzene rings is 1. The molecule has 3 aliphatic rings. The van der Waals surface area contributed by atoms with Gasteiger partial charge in [-0.3, -0.25) is 4.98 Å². The molecule has 0 amide bonds. The Bertz CT molecular complexity index is 886. The SMILES string of the molecule is O=S(=O)(C1CC12CCC2)N1CC(c2cnc3ccccc3n2)C1. The van der Waals surface area contributed by atoms with Crippen LogP contribution in [-0.4, -0.2) is 41.0 Å². The van der Waals surface area contributed by atoms with E-state index in [0.717, 1.165) is 36.0 Å². The van der Waals surface area contributed by atoms with Crippen LogP contribution in [0.4, 0.5) is 0 Å². The molecular weight excluding hydrogens is 310 g/mol. The molecule has 5 rings (SSSR count). The minimum Gasteiger partial charge on any atom is -0.253 e. The lowest BCUT2D eigenvalue weighted by Gasteiger charge is -2.39. The number of hydrogen-bond acceptors (Lipinski definition) is 4. The smallest absolute Gasteiger partial charge is 0.217 e. The summed E-state index contributed by atoms with van der Waals surface area (Å²) in [6.07, 6.45) is 6.07. The third-order valence-corrected chi connectivity index (χ3v) is 8.32. The van der Waals surface area contributed by atoms with E-state index in [-0.39, 0.29) is 16.6 Å². The van der Waals surface area contributed by atoms with Crippen molar-refractivity contribution < 1.29 is 8.42 Å². The van der Waals surface area contributed by atoms with Crippen LogP contribution in [0, 0.1) is 5.41 Å². The third-order valence-electron chi connectivity index (χ3n) is 5.92. The Morgan fingerprint density at radius 2 is 1.87 bits per heavy atom. The first kappa shape index (κ1) is 13.9. The van der Waals surface area contributed by atoms with Crippen LogP contribution in [0.1, 0.15) is 37.3 Å². The molecule has 1 saturated heterocycles. The Kier molecular flexibility index (Phi) is 2.72. The summed E-state index contributed by atoms with van der Waals surface area (Å²) in [5.41, 5.74) is 2.82. The zero-order valence-corrected chi connectivity index (χ0v) is 13.7. The van der Waals surface area contributed by atoms with E-state index in [2.05, 4.69) is 9.97 Å². The van der Waals surface area contributed by atoms with Gasteiger partial charge < -0.3 is 0 Å². The fourth-order valence-corrected chi connectivity index (χ4v) is 6.62. The Balaban J connectivity index is 1.32. The number of nitrogens with zero attached hydrogens (tertiary/aromatic N) is 3. The molecule has 1 aliphatic heterocycles. The molecule has 1 unspecified atom stereocenters. The number of aromatic nitrogens is 2. The molecule has 1 aromatic heterocycles. The second kappa shape index (κ2) is 4.51. The summed E-state index contributed by atoms with van der Waals surface area (Å²) in [4.78, 5) is 9.08. The molecule has 1 atom stereocenters. The molecule has 120 valence electrons. The fraction of sp³-hybridized carbons (Fsp3) is 0.529. The van der Waals surface area contributed by atoms with Gasteiger partial charge in [0.2, 0.25) is 10.0 Å². The van der Waals surface area contributed by atoms with Crippen molar-refractivity contribution in [3.05, 3.63) is 36.2 Å². The van der Waals surface area contributed by atoms with Gasteiger partial charge in [-0.2, -0.15) is 0 Å². The minimum atomic E-state index is -3.10. The molecule has 2 aliphatic carbocycles. The van der Waals surface area contributed by atoms with Crippen LogP contribution in [0.3, 0.4) is 0 Å². The van der Waals surface area contributed by atoms with Crippen molar-refractivity contribution in [1.29, 1.82) is 0 Å². The Morgan fingerprint density at radius 1 is 1.13 bits per heavy atom. The monoisotopic (exact) mass is 329 g/mol. The molecule has 1 spiro atoms. The van der Waals surface area contributed by atoms with Gasteiger partial charge in [0, 0.05) is 25.2 Å². The minimum absolute atomic E-state index is 0.104. The second-order valence-corrected chi connectivity index (χ2v) is 9.37. The predicted molar refractivity (Wildman–Crippen MR) is 87.5 cm³/mol. The number of hydrogen-bond donors (Lipinski definition) is 0. The van der Waals surface area contributed by atoms with Gasteiger partial charge >= 0.3 is 0 Å². The molecule has 6 heteroatoms. The molecule has 0 bridgehead atoms. The van der Waals surface area contributed by atoms with E-state index in [0.29, 0.717) is 13.1 Å². The lowest BCUT2D eigenvalue weighted by atomic mass is 9.82. The largest absolute Gasteiger partial charge is 0.253 e. The number of rotatable bonds is 3. The molecule has 3 fully saturated rings. The molecule has 0 radical (unpaired) electrons. The quantitative estimate of drug-likeness (QED) is 0.867. The molecule has 2 heterocycles. The summed E-state index contributed by atoms with van der Waals surface area (Å²) in [6, 6.07) is 7.78. The highest BCUT2D eigenvalue weighted by Gasteiger charge is 2.65. The van der Waals surface area contributed by atoms with Crippen molar-refractivity contribution in [3.8, 4) is 0 Å². The summed E-state index contributed by atoms with van der Waals surface area (Å²) in [7, 11) is -3.10. The molecule has 2 saturated carbocycles. The van der Waals surface area contributed by atoms with Gasteiger partial charge in [-0.15, -0.1) is 0 Å². The topological polar surface area (TPSA) is 63.2 Å². The van der Waals surface area contributed by atoms with Gasteiger partial charge in [-0.25, -0.2) is 17.7 Å². The van der Waals surface area contributed by atoms with Gasteiger partial charge in [-0.1, -0.05) is 18.6 Å². The summed E-state index contributed by atoms with van der Waals surface area (Å²) < 4.78 is 27.0. The number of fused-ring (bicyclic) bond motifs is 1. The fourth-order valence-electron chi connectivity index (χ4n) is 4.07. The normalized spacial score (nSPS) is 26.9. The highest BCUT2D eigenvalue weighted by molar-refractivity contribution is 7.90. The summed E-state index contributed by atoms with van der Waals surface area (Å²) in [5.74, 6) is 0.179. The maximum atomic E-state index is 12.7. The van der Waals surface area contributed by atoms with Gasteiger partial charge in [0.25, 0.3) is 0 Å². The molecule has 2 aromatic rings. The lowest BCUT2D eigenvalue weighted by Crippen LogP contribution is -2.50. The van der Waals surface area contributed by atoms with Crippen LogP contribution in [0.25, 0.3) is 11.0 Å². The third kappa shape index (κ3) is 1.97. The zero-order chi connectivity index (χ0) is 15.7. The summed E-state index contributed by atoms with van der Waals surface area (Å²) in [6.45, 7) is 1.11. The lowest BCUT2D eigenvalue weighted by molar-refractivity contribution is 0.250. The van der Waals surface area contributed by atoms with Crippen LogP contribution in [-0.2, 0) is 10.0 Å². The van der Waals surface area contributed by atoms with Gasteiger partial charge in [0.15, 0.2) is 0 Å². The van der Waals surface area contributed by atoms with E-state index < -0.39 is 10.0 Å². The van der Waals surface area contributed by atoms with E-state index in [1.807, 2.05) is 24.3 Å². The van der Waals surface area contributed by atoms with Crippen LogP contribution >= 0.6 is 0 Å². The van der Waals surface area contributed by atoms with E-state index in [1.165, 1.54) is 6.42 Å². The summed E-state index contributed by atoms with van der Waals surface area (Å²) in [5, 5.41) is -0.104. The Hall–Kier alpha value is -1.53. The van der Waals surface area contributed by atoms with Crippen molar-refractivity contribution in [2.75, 3.05) is 13.1 Å². The molecular formula is C17H19N3O2S. The van der Waals surface area contributed by atoms with E-state index >= 15 is 0 Å². The first-order valence-corrected chi connectivity index (χ1v) is 9.80. The molecule has 1 aromatic carbocycles. The molecule has 0 N–H and O–H groups in total. The van der Waals surface area contributed by atoms with Crippen molar-refractivity contribution in [1.82, 2.24) is 14.3 Å². The van der Waals surface area contributed by atoms with E-state index in [4.69, 9.17) is 0 Å². The van der Waals surface area contributed by atoms with Crippen molar-refractivity contribution in [2.24, 2.45) is 5.41 Å². The van der Waals surface area contributed by atoms with Crippen LogP contribution in [0.15, 0.2) is 30.5 Å². The first-order valence-electron chi connectivity index (χ1n) is 8.29. The highest BCUT2D eigenvalue weighted by atomic mass is 32.2. The van der Waals surface area contributed by atoms with E-state index in [1.54, 1.807) is 10.5 Å². The van der Waals surface area contributed by atoms with Gasteiger partial charge in [0.1, 0.15) is 0 Å². The molecule has 23 heavy (non-hydrogen) atoms. The van der Waals surface area contributed by atoms with Crippen molar-refractivity contribution in [3.63, 3.8) is 0 Å².